The standard InChI is InChI=1S/C42H24N2S/c43-25-26-17-19-41-37(21-26)38-22-28(18-20-42(38)45-41)33-23-34-31-13-6-7-14-32(31)36(24-35(34)30-12-5-4-11-29(30)33)40-16-8-15-39(44-40)27-9-2-1-3-10-27/h1-24H. The van der Waals surface area contributed by atoms with Crippen LogP contribution >= 0.6 is 11.3 Å². The first-order chi connectivity index (χ1) is 22.2. The van der Waals surface area contributed by atoms with Gasteiger partial charge in [0.1, 0.15) is 0 Å². The van der Waals surface area contributed by atoms with Crippen molar-refractivity contribution in [3.63, 3.8) is 0 Å². The normalized spacial score (nSPS) is 11.5. The van der Waals surface area contributed by atoms with Crippen LogP contribution in [0.3, 0.4) is 0 Å². The highest BCUT2D eigenvalue weighted by atomic mass is 32.1. The number of rotatable bonds is 3. The fourth-order valence-electron chi connectivity index (χ4n) is 6.77. The minimum absolute atomic E-state index is 0.690. The molecule has 9 rings (SSSR count). The van der Waals surface area contributed by atoms with Gasteiger partial charge in [0.05, 0.1) is 23.0 Å². The van der Waals surface area contributed by atoms with E-state index >= 15 is 0 Å². The summed E-state index contributed by atoms with van der Waals surface area (Å²) in [5.74, 6) is 0. The van der Waals surface area contributed by atoms with Crippen molar-refractivity contribution in [1.82, 2.24) is 4.98 Å². The third-order valence-electron chi connectivity index (χ3n) is 8.89. The fourth-order valence-corrected chi connectivity index (χ4v) is 7.84. The maximum Gasteiger partial charge on any atom is 0.0991 e. The summed E-state index contributed by atoms with van der Waals surface area (Å²) in [7, 11) is 0. The van der Waals surface area contributed by atoms with E-state index in [1.54, 1.807) is 11.3 Å². The van der Waals surface area contributed by atoms with E-state index < -0.39 is 0 Å². The van der Waals surface area contributed by atoms with Gasteiger partial charge in [0, 0.05) is 31.3 Å². The van der Waals surface area contributed by atoms with E-state index in [2.05, 4.69) is 133 Å². The Kier molecular flexibility index (Phi) is 5.78. The Hall–Kier alpha value is -5.82. The molecule has 9 aromatic rings. The molecule has 7 aromatic carbocycles. The Balaban J connectivity index is 1.32. The van der Waals surface area contributed by atoms with E-state index in [0.29, 0.717) is 5.56 Å². The average molecular weight is 589 g/mol. The third-order valence-corrected chi connectivity index (χ3v) is 10.0. The zero-order valence-corrected chi connectivity index (χ0v) is 25.0. The van der Waals surface area contributed by atoms with Crippen molar-refractivity contribution in [2.75, 3.05) is 0 Å². The van der Waals surface area contributed by atoms with E-state index in [1.165, 1.54) is 58.2 Å². The van der Waals surface area contributed by atoms with Gasteiger partial charge in [0.15, 0.2) is 0 Å². The molecule has 0 N–H and O–H groups in total. The summed E-state index contributed by atoms with van der Waals surface area (Å²) in [6.07, 6.45) is 0. The lowest BCUT2D eigenvalue weighted by Crippen LogP contribution is -1.91. The first kappa shape index (κ1) is 25.7. The van der Waals surface area contributed by atoms with Gasteiger partial charge in [-0.1, -0.05) is 91.0 Å². The average Bonchev–Trinajstić information content (AvgIpc) is 3.48. The van der Waals surface area contributed by atoms with Crippen LogP contribution < -0.4 is 0 Å². The molecule has 0 atom stereocenters. The lowest BCUT2D eigenvalue weighted by Gasteiger charge is -2.16. The van der Waals surface area contributed by atoms with Gasteiger partial charge in [0.25, 0.3) is 0 Å². The van der Waals surface area contributed by atoms with Crippen LogP contribution in [0.25, 0.3) is 86.1 Å². The molecule has 0 aliphatic rings. The molecule has 3 heteroatoms. The fraction of sp³-hybridized carbons (Fsp3) is 0. The van der Waals surface area contributed by atoms with E-state index in [-0.39, 0.29) is 0 Å². The molecule has 208 valence electrons. The van der Waals surface area contributed by atoms with E-state index in [0.717, 1.165) is 27.9 Å². The van der Waals surface area contributed by atoms with Crippen molar-refractivity contribution in [1.29, 1.82) is 5.26 Å². The summed E-state index contributed by atoms with van der Waals surface area (Å²) in [6.45, 7) is 0. The Bertz CT molecular complexity index is 2660. The molecule has 0 aliphatic carbocycles. The number of thiophene rings is 1. The summed E-state index contributed by atoms with van der Waals surface area (Å²) in [6, 6.07) is 53.9. The maximum absolute atomic E-state index is 9.55. The topological polar surface area (TPSA) is 36.7 Å². The molecule has 2 nitrogen and oxygen atoms in total. The monoisotopic (exact) mass is 588 g/mol. The predicted molar refractivity (Wildman–Crippen MR) is 191 cm³/mol. The van der Waals surface area contributed by atoms with Gasteiger partial charge in [0.2, 0.25) is 0 Å². The van der Waals surface area contributed by atoms with Gasteiger partial charge in [-0.05, 0) is 98.0 Å². The van der Waals surface area contributed by atoms with E-state index in [9.17, 15) is 5.26 Å². The number of nitrogens with zero attached hydrogens (tertiary/aromatic N) is 2. The second-order valence-corrected chi connectivity index (χ2v) is 12.5. The Morgan fingerprint density at radius 1 is 0.422 bits per heavy atom. The maximum atomic E-state index is 9.55. The van der Waals surface area contributed by atoms with Crippen molar-refractivity contribution in [2.24, 2.45) is 0 Å². The highest BCUT2D eigenvalue weighted by molar-refractivity contribution is 7.25. The molecule has 45 heavy (non-hydrogen) atoms. The second-order valence-electron chi connectivity index (χ2n) is 11.4. The summed E-state index contributed by atoms with van der Waals surface area (Å²) in [4.78, 5) is 5.16. The molecule has 0 amide bonds. The van der Waals surface area contributed by atoms with Gasteiger partial charge in [-0.15, -0.1) is 11.3 Å². The minimum Gasteiger partial charge on any atom is -0.248 e. The van der Waals surface area contributed by atoms with Crippen molar-refractivity contribution in [3.8, 4) is 39.7 Å². The molecule has 2 aromatic heterocycles. The molecule has 0 radical (unpaired) electrons. The molecule has 0 bridgehead atoms. The van der Waals surface area contributed by atoms with Gasteiger partial charge in [-0.3, -0.25) is 0 Å². The summed E-state index contributed by atoms with van der Waals surface area (Å²) in [5.41, 5.74) is 7.25. The van der Waals surface area contributed by atoms with Gasteiger partial charge in [-0.25, -0.2) is 4.98 Å². The molecular weight excluding hydrogens is 565 g/mol. The van der Waals surface area contributed by atoms with Gasteiger partial charge in [-0.2, -0.15) is 5.26 Å². The van der Waals surface area contributed by atoms with E-state index in [4.69, 9.17) is 4.98 Å². The number of nitriles is 1. The Morgan fingerprint density at radius 2 is 1.02 bits per heavy atom. The largest absolute Gasteiger partial charge is 0.248 e. The molecule has 0 saturated heterocycles. The molecule has 0 unspecified atom stereocenters. The van der Waals surface area contributed by atoms with Crippen molar-refractivity contribution in [2.45, 2.75) is 0 Å². The number of hydrogen-bond donors (Lipinski definition) is 0. The highest BCUT2D eigenvalue weighted by Gasteiger charge is 2.16. The van der Waals surface area contributed by atoms with Crippen LogP contribution in [0, 0.1) is 11.3 Å². The number of pyridine rings is 1. The van der Waals surface area contributed by atoms with Crippen LogP contribution in [-0.4, -0.2) is 4.98 Å². The predicted octanol–water partition coefficient (Wildman–Crippen LogP) is 11.8. The SMILES string of the molecule is N#Cc1ccc2sc3ccc(-c4cc5c6ccccc6c(-c6cccc(-c7ccccc7)n6)cc5c5ccccc45)cc3c2c1. The number of benzene rings is 7. The molecule has 0 saturated carbocycles. The minimum atomic E-state index is 0.690. The smallest absolute Gasteiger partial charge is 0.0991 e. The second kappa shape index (κ2) is 10.1. The number of fused-ring (bicyclic) bond motifs is 8. The summed E-state index contributed by atoms with van der Waals surface area (Å²) >= 11 is 1.78. The molecule has 2 heterocycles. The highest BCUT2D eigenvalue weighted by Crippen LogP contribution is 2.43. The van der Waals surface area contributed by atoms with Crippen LogP contribution in [0.2, 0.25) is 0 Å². The quantitative estimate of drug-likeness (QED) is 0.193. The van der Waals surface area contributed by atoms with Crippen molar-refractivity contribution >= 4 is 63.8 Å². The van der Waals surface area contributed by atoms with Crippen molar-refractivity contribution in [3.05, 3.63) is 151 Å². The zero-order chi connectivity index (χ0) is 29.9. The van der Waals surface area contributed by atoms with Crippen LogP contribution in [0.4, 0.5) is 0 Å². The van der Waals surface area contributed by atoms with E-state index in [1.807, 2.05) is 18.2 Å². The third kappa shape index (κ3) is 4.12. The van der Waals surface area contributed by atoms with Gasteiger partial charge < -0.3 is 0 Å². The first-order valence-electron chi connectivity index (χ1n) is 15.0. The zero-order valence-electron chi connectivity index (χ0n) is 24.2. The molecular formula is C42H24N2S. The lowest BCUT2D eigenvalue weighted by molar-refractivity contribution is 1.33. The number of hydrogen-bond acceptors (Lipinski definition) is 3. The summed E-state index contributed by atoms with van der Waals surface area (Å²) < 4.78 is 2.43. The van der Waals surface area contributed by atoms with Crippen LogP contribution in [0.5, 0.6) is 0 Å². The lowest BCUT2D eigenvalue weighted by atomic mass is 9.88. The summed E-state index contributed by atoms with van der Waals surface area (Å²) in [5, 5.41) is 19.2. The molecule has 0 spiro atoms. The Morgan fingerprint density at radius 3 is 1.76 bits per heavy atom. The Labute approximate surface area is 264 Å². The van der Waals surface area contributed by atoms with Crippen LogP contribution in [-0.2, 0) is 0 Å². The molecule has 0 fully saturated rings. The first-order valence-corrected chi connectivity index (χ1v) is 15.8. The van der Waals surface area contributed by atoms with Crippen LogP contribution in [0.15, 0.2) is 146 Å². The molecule has 0 aliphatic heterocycles. The van der Waals surface area contributed by atoms with Crippen LogP contribution in [0.1, 0.15) is 5.56 Å². The van der Waals surface area contributed by atoms with Crippen molar-refractivity contribution < 1.29 is 0 Å². The number of aromatic nitrogens is 1. The van der Waals surface area contributed by atoms with Gasteiger partial charge >= 0.3 is 0 Å².